The van der Waals surface area contributed by atoms with Crippen molar-refractivity contribution >= 4 is 62.1 Å². The number of carbonyl (C=O) groups is 1. The minimum atomic E-state index is -4.10. The first-order valence-corrected chi connectivity index (χ1v) is 10.6. The van der Waals surface area contributed by atoms with Crippen LogP contribution >= 0.6 is 34.8 Å². The number of nitrogens with one attached hydrogen (secondary N) is 2. The molecule has 0 bridgehead atoms. The van der Waals surface area contributed by atoms with Crippen molar-refractivity contribution in [1.29, 1.82) is 0 Å². The Hall–Kier alpha value is -2.32. The van der Waals surface area contributed by atoms with E-state index in [0.29, 0.717) is 0 Å². The second kappa shape index (κ2) is 8.59. The minimum absolute atomic E-state index is 0.0293. The van der Waals surface area contributed by atoms with Crippen molar-refractivity contribution in [3.8, 4) is 0 Å². The maximum atomic E-state index is 13.2. The largest absolute Gasteiger partial charge is 0.322 e. The molecule has 0 aliphatic heterocycles. The van der Waals surface area contributed by atoms with E-state index in [9.17, 15) is 17.6 Å². The molecule has 3 aromatic rings. The molecule has 0 radical (unpaired) electrons. The van der Waals surface area contributed by atoms with Crippen LogP contribution in [0.4, 0.5) is 15.8 Å². The zero-order valence-corrected chi connectivity index (χ0v) is 17.5. The summed E-state index contributed by atoms with van der Waals surface area (Å²) >= 11 is 17.9. The van der Waals surface area contributed by atoms with Gasteiger partial charge >= 0.3 is 0 Å². The van der Waals surface area contributed by atoms with E-state index < -0.39 is 21.7 Å². The quantitative estimate of drug-likeness (QED) is 0.489. The first-order valence-electron chi connectivity index (χ1n) is 8.01. The number of anilines is 2. The summed E-state index contributed by atoms with van der Waals surface area (Å²) in [6.45, 7) is 0. The van der Waals surface area contributed by atoms with Crippen molar-refractivity contribution in [3.63, 3.8) is 0 Å². The first-order chi connectivity index (χ1) is 13.7. The normalized spacial score (nSPS) is 11.2. The maximum absolute atomic E-state index is 13.2. The summed E-state index contributed by atoms with van der Waals surface area (Å²) in [6, 6.07) is 13.6. The van der Waals surface area contributed by atoms with Gasteiger partial charge in [-0.25, -0.2) is 12.8 Å². The molecule has 0 aliphatic rings. The van der Waals surface area contributed by atoms with Gasteiger partial charge in [0.2, 0.25) is 0 Å². The van der Waals surface area contributed by atoms with Gasteiger partial charge in [-0.3, -0.25) is 9.52 Å². The lowest BCUT2D eigenvalue weighted by atomic mass is 10.2. The van der Waals surface area contributed by atoms with E-state index in [1.54, 1.807) is 12.1 Å². The van der Waals surface area contributed by atoms with Crippen LogP contribution in [0, 0.1) is 5.82 Å². The van der Waals surface area contributed by atoms with E-state index >= 15 is 0 Å². The highest BCUT2D eigenvalue weighted by molar-refractivity contribution is 7.92. The summed E-state index contributed by atoms with van der Waals surface area (Å²) in [5.74, 6) is -1.23. The van der Waals surface area contributed by atoms with Crippen molar-refractivity contribution in [2.75, 3.05) is 10.0 Å². The summed E-state index contributed by atoms with van der Waals surface area (Å²) in [4.78, 5) is 12.1. The number of amides is 1. The highest BCUT2D eigenvalue weighted by Crippen LogP contribution is 2.30. The summed E-state index contributed by atoms with van der Waals surface area (Å²) < 4.78 is 41.0. The van der Waals surface area contributed by atoms with Crippen molar-refractivity contribution in [2.45, 2.75) is 4.90 Å². The molecule has 3 rings (SSSR count). The zero-order valence-electron chi connectivity index (χ0n) is 14.4. The van der Waals surface area contributed by atoms with E-state index in [2.05, 4.69) is 10.0 Å². The molecule has 29 heavy (non-hydrogen) atoms. The number of hydrogen-bond acceptors (Lipinski definition) is 3. The van der Waals surface area contributed by atoms with Crippen molar-refractivity contribution in [1.82, 2.24) is 0 Å². The molecule has 0 unspecified atom stereocenters. The fourth-order valence-electron chi connectivity index (χ4n) is 2.40. The Morgan fingerprint density at radius 2 is 1.59 bits per heavy atom. The number of rotatable bonds is 5. The van der Waals surface area contributed by atoms with Crippen molar-refractivity contribution < 1.29 is 17.6 Å². The minimum Gasteiger partial charge on any atom is -0.322 e. The van der Waals surface area contributed by atoms with E-state index in [0.717, 1.165) is 12.1 Å². The van der Waals surface area contributed by atoms with Crippen molar-refractivity contribution in [3.05, 3.63) is 87.1 Å². The van der Waals surface area contributed by atoms with Gasteiger partial charge in [0.15, 0.2) is 0 Å². The number of benzene rings is 3. The molecule has 0 saturated carbocycles. The van der Waals surface area contributed by atoms with Crippen LogP contribution < -0.4 is 10.0 Å². The molecule has 0 spiro atoms. The van der Waals surface area contributed by atoms with Crippen LogP contribution in [0.3, 0.4) is 0 Å². The molecule has 0 atom stereocenters. The van der Waals surface area contributed by atoms with Crippen LogP contribution in [0.1, 0.15) is 10.4 Å². The van der Waals surface area contributed by atoms with Gasteiger partial charge in [-0.05, 0) is 48.5 Å². The monoisotopic (exact) mass is 472 g/mol. The Balaban J connectivity index is 1.89. The second-order valence-corrected chi connectivity index (χ2v) is 8.68. The lowest BCUT2D eigenvalue weighted by Gasteiger charge is -2.13. The van der Waals surface area contributed by atoms with Gasteiger partial charge in [0.05, 0.1) is 26.3 Å². The topological polar surface area (TPSA) is 75.3 Å². The molecule has 5 nitrogen and oxygen atoms in total. The third-order valence-electron chi connectivity index (χ3n) is 3.77. The van der Waals surface area contributed by atoms with Crippen LogP contribution in [0.15, 0.2) is 65.6 Å². The number of carbonyl (C=O) groups excluding carboxylic acids is 1. The predicted molar refractivity (Wildman–Crippen MR) is 113 cm³/mol. The van der Waals surface area contributed by atoms with Crippen molar-refractivity contribution in [2.24, 2.45) is 0 Å². The molecule has 0 aliphatic carbocycles. The Morgan fingerprint density at radius 1 is 0.862 bits per heavy atom. The highest BCUT2D eigenvalue weighted by Gasteiger charge is 2.21. The lowest BCUT2D eigenvalue weighted by Crippen LogP contribution is -2.16. The number of halogens is 4. The molecule has 0 heterocycles. The van der Waals surface area contributed by atoms with E-state index in [1.807, 2.05) is 0 Å². The number of sulfonamides is 1. The van der Waals surface area contributed by atoms with Gasteiger partial charge in [0.1, 0.15) is 10.7 Å². The average molecular weight is 474 g/mol. The van der Waals surface area contributed by atoms with Gasteiger partial charge in [0, 0.05) is 5.69 Å². The van der Waals surface area contributed by atoms with Gasteiger partial charge < -0.3 is 5.32 Å². The molecule has 1 amide bonds. The molecule has 10 heteroatoms. The Kier molecular flexibility index (Phi) is 6.33. The third kappa shape index (κ3) is 5.00. The standard InChI is InChI=1S/C19H12Cl3FN2O3S/c20-14-3-1-2-4-17(14)25-29(27,28)18-10-12(6-8-15(18)21)24-19(26)13-7-5-11(23)9-16(13)22/h1-10,25H,(H,24,26). The summed E-state index contributed by atoms with van der Waals surface area (Å²) in [7, 11) is -4.10. The number of para-hydroxylation sites is 1. The average Bonchev–Trinajstić information content (AvgIpc) is 2.65. The number of hydrogen-bond donors (Lipinski definition) is 2. The fraction of sp³-hybridized carbons (Fsp3) is 0. The zero-order chi connectivity index (χ0) is 21.2. The van der Waals surface area contributed by atoms with Gasteiger partial charge in [-0.15, -0.1) is 0 Å². The summed E-state index contributed by atoms with van der Waals surface area (Å²) in [5, 5.41) is 2.59. The SMILES string of the molecule is O=C(Nc1ccc(Cl)c(S(=O)(=O)Nc2ccccc2Cl)c1)c1ccc(F)cc1Cl. The van der Waals surface area contributed by atoms with E-state index in [4.69, 9.17) is 34.8 Å². The molecule has 0 fully saturated rings. The third-order valence-corrected chi connectivity index (χ3v) is 6.26. The Labute approximate surface area is 181 Å². The van der Waals surface area contributed by atoms with E-state index in [-0.39, 0.29) is 36.9 Å². The van der Waals surface area contributed by atoms with Crippen LogP contribution in [-0.4, -0.2) is 14.3 Å². The van der Waals surface area contributed by atoms with Crippen LogP contribution in [0.5, 0.6) is 0 Å². The van der Waals surface area contributed by atoms with Gasteiger partial charge in [-0.1, -0.05) is 46.9 Å². The fourth-order valence-corrected chi connectivity index (χ4v) is 4.50. The smallest absolute Gasteiger partial charge is 0.263 e. The van der Waals surface area contributed by atoms with Crippen LogP contribution in [0.2, 0.25) is 15.1 Å². The van der Waals surface area contributed by atoms with Crippen LogP contribution in [-0.2, 0) is 10.0 Å². The summed E-state index contributed by atoms with van der Waals surface area (Å²) in [6.07, 6.45) is 0. The molecule has 0 saturated heterocycles. The molecule has 150 valence electrons. The molecule has 3 aromatic carbocycles. The maximum Gasteiger partial charge on any atom is 0.263 e. The Bertz CT molecular complexity index is 1200. The molecule has 0 aromatic heterocycles. The molecular formula is C19H12Cl3FN2O3S. The highest BCUT2D eigenvalue weighted by atomic mass is 35.5. The van der Waals surface area contributed by atoms with Gasteiger partial charge in [0.25, 0.3) is 15.9 Å². The van der Waals surface area contributed by atoms with Crippen LogP contribution in [0.25, 0.3) is 0 Å². The van der Waals surface area contributed by atoms with E-state index in [1.165, 1.54) is 36.4 Å². The van der Waals surface area contributed by atoms with Gasteiger partial charge in [-0.2, -0.15) is 0 Å². The first kappa shape index (κ1) is 21.4. The lowest BCUT2D eigenvalue weighted by molar-refractivity contribution is 0.102. The summed E-state index contributed by atoms with van der Waals surface area (Å²) in [5.41, 5.74) is 0.360. The molecular weight excluding hydrogens is 462 g/mol. The Morgan fingerprint density at radius 3 is 2.28 bits per heavy atom. The predicted octanol–water partition coefficient (Wildman–Crippen LogP) is 5.84. The molecule has 2 N–H and O–H groups in total. The second-order valence-electron chi connectivity index (χ2n) is 5.81.